The number of para-hydroxylation sites is 1. The van der Waals surface area contributed by atoms with Gasteiger partial charge in [-0.3, -0.25) is 14.4 Å². The van der Waals surface area contributed by atoms with Crippen molar-refractivity contribution in [2.45, 2.75) is 6.54 Å². The number of amides is 3. The van der Waals surface area contributed by atoms with Gasteiger partial charge in [-0.05, 0) is 42.5 Å². The third-order valence-electron chi connectivity index (χ3n) is 4.59. The third kappa shape index (κ3) is 4.06. The minimum atomic E-state index is -0.799. The summed E-state index contributed by atoms with van der Waals surface area (Å²) in [5, 5.41) is 2.80. The van der Waals surface area contributed by atoms with Crippen molar-refractivity contribution in [2.75, 3.05) is 11.5 Å². The molecule has 0 spiro atoms. The fraction of sp³-hybridized carbons (Fsp3) is 0.0909. The molecule has 9 heteroatoms. The molecular weight excluding hydrogens is 424 g/mol. The molecule has 1 aliphatic rings. The average Bonchev–Trinajstić information content (AvgIpc) is 3.38. The highest BCUT2D eigenvalue weighted by molar-refractivity contribution is 6.39. The van der Waals surface area contributed by atoms with Crippen LogP contribution in [0.25, 0.3) is 0 Å². The number of imide groups is 1. The van der Waals surface area contributed by atoms with E-state index in [-0.39, 0.29) is 33.9 Å². The van der Waals surface area contributed by atoms with Crippen LogP contribution in [0.5, 0.6) is 0 Å². The summed E-state index contributed by atoms with van der Waals surface area (Å²) in [6, 6.07) is 13.9. The van der Waals surface area contributed by atoms with Crippen LogP contribution >= 0.6 is 11.6 Å². The van der Waals surface area contributed by atoms with Gasteiger partial charge in [0.25, 0.3) is 17.7 Å². The molecule has 1 aliphatic heterocycles. The van der Waals surface area contributed by atoms with E-state index in [1.54, 1.807) is 36.4 Å². The Morgan fingerprint density at radius 1 is 1.00 bits per heavy atom. The van der Waals surface area contributed by atoms with E-state index in [2.05, 4.69) is 5.32 Å². The van der Waals surface area contributed by atoms with Gasteiger partial charge in [0.1, 0.15) is 5.76 Å². The Labute approximate surface area is 181 Å². The summed E-state index contributed by atoms with van der Waals surface area (Å²) in [6.45, 7) is -0.341. The van der Waals surface area contributed by atoms with Crippen LogP contribution in [-0.4, -0.2) is 30.3 Å². The Morgan fingerprint density at radius 2 is 1.77 bits per heavy atom. The van der Waals surface area contributed by atoms with Crippen LogP contribution in [0.1, 0.15) is 36.8 Å². The number of furan rings is 1. The van der Waals surface area contributed by atoms with Gasteiger partial charge in [0, 0.05) is 0 Å². The molecule has 0 saturated heterocycles. The topological polar surface area (TPSA) is 106 Å². The lowest BCUT2D eigenvalue weighted by Crippen LogP contribution is -2.29. The first-order valence-corrected chi connectivity index (χ1v) is 9.57. The molecule has 2 aromatic carbocycles. The number of hydrogen-bond donors (Lipinski definition) is 1. The van der Waals surface area contributed by atoms with Crippen molar-refractivity contribution in [3.8, 4) is 0 Å². The van der Waals surface area contributed by atoms with E-state index in [1.165, 1.54) is 24.5 Å². The molecule has 0 atom stereocenters. The van der Waals surface area contributed by atoms with Crippen molar-refractivity contribution >= 4 is 41.0 Å². The third-order valence-corrected chi connectivity index (χ3v) is 4.91. The molecule has 3 amide bonds. The van der Waals surface area contributed by atoms with Gasteiger partial charge in [-0.15, -0.1) is 0 Å². The van der Waals surface area contributed by atoms with Gasteiger partial charge in [-0.1, -0.05) is 23.7 Å². The maximum Gasteiger partial charge on any atom is 0.338 e. The lowest BCUT2D eigenvalue weighted by molar-refractivity contribution is -0.124. The predicted octanol–water partition coefficient (Wildman–Crippen LogP) is 3.21. The van der Waals surface area contributed by atoms with Crippen LogP contribution in [0.4, 0.5) is 5.69 Å². The second-order valence-corrected chi connectivity index (χ2v) is 7.00. The Bertz CT molecular complexity index is 1190. The zero-order valence-corrected chi connectivity index (χ0v) is 16.7. The average molecular weight is 439 g/mol. The normalized spacial score (nSPS) is 12.6. The first-order chi connectivity index (χ1) is 15.0. The number of nitrogens with zero attached hydrogens (tertiary/aromatic N) is 1. The lowest BCUT2D eigenvalue weighted by Gasteiger charge is -2.15. The molecule has 2 heterocycles. The Morgan fingerprint density at radius 3 is 2.52 bits per heavy atom. The summed E-state index contributed by atoms with van der Waals surface area (Å²) in [6.07, 6.45) is 1.48. The quantitative estimate of drug-likeness (QED) is 0.468. The van der Waals surface area contributed by atoms with E-state index < -0.39 is 30.3 Å². The highest BCUT2D eigenvalue weighted by Gasteiger charge is 2.38. The Kier molecular flexibility index (Phi) is 5.55. The van der Waals surface area contributed by atoms with Crippen LogP contribution in [0, 0.1) is 0 Å². The highest BCUT2D eigenvalue weighted by atomic mass is 35.5. The molecule has 8 nitrogen and oxygen atoms in total. The molecule has 31 heavy (non-hydrogen) atoms. The summed E-state index contributed by atoms with van der Waals surface area (Å²) in [7, 11) is 0. The number of rotatable bonds is 6. The fourth-order valence-electron chi connectivity index (χ4n) is 3.08. The van der Waals surface area contributed by atoms with Gasteiger partial charge in [-0.2, -0.15) is 0 Å². The number of nitrogens with one attached hydrogen (secondary N) is 1. The lowest BCUT2D eigenvalue weighted by atomic mass is 10.1. The summed E-state index contributed by atoms with van der Waals surface area (Å²) in [4.78, 5) is 50.6. The number of esters is 1. The molecule has 1 N–H and O–H groups in total. The van der Waals surface area contributed by atoms with Crippen LogP contribution in [0.2, 0.25) is 5.02 Å². The molecule has 0 bridgehead atoms. The number of anilines is 1. The maximum absolute atomic E-state index is 12.8. The molecule has 0 saturated carbocycles. The van der Waals surface area contributed by atoms with Crippen LogP contribution < -0.4 is 10.2 Å². The van der Waals surface area contributed by atoms with Gasteiger partial charge in [0.15, 0.2) is 6.61 Å². The maximum atomic E-state index is 12.8. The fourth-order valence-corrected chi connectivity index (χ4v) is 3.30. The molecule has 4 rings (SSSR count). The van der Waals surface area contributed by atoms with Crippen LogP contribution in [-0.2, 0) is 16.1 Å². The SMILES string of the molecule is O=C(COC(=O)c1ccc2c(c1)C(=O)N(c1ccccc1Cl)C2=O)NCc1ccco1. The predicted molar refractivity (Wildman–Crippen MR) is 110 cm³/mol. The van der Waals surface area contributed by atoms with E-state index >= 15 is 0 Å². The van der Waals surface area contributed by atoms with Crippen LogP contribution in [0.15, 0.2) is 65.3 Å². The molecule has 156 valence electrons. The molecule has 0 fully saturated rings. The van der Waals surface area contributed by atoms with Gasteiger partial charge in [0.2, 0.25) is 0 Å². The van der Waals surface area contributed by atoms with Crippen molar-refractivity contribution in [2.24, 2.45) is 0 Å². The number of hydrogen-bond acceptors (Lipinski definition) is 6. The summed E-state index contributed by atoms with van der Waals surface area (Å²) >= 11 is 6.12. The van der Waals surface area contributed by atoms with Gasteiger partial charge >= 0.3 is 5.97 Å². The molecular formula is C22H15ClN2O6. The molecule has 1 aromatic heterocycles. The second kappa shape index (κ2) is 8.45. The van der Waals surface area contributed by atoms with E-state index in [4.69, 9.17) is 20.8 Å². The van der Waals surface area contributed by atoms with E-state index in [1.807, 2.05) is 0 Å². The molecule has 0 aliphatic carbocycles. The van der Waals surface area contributed by atoms with Crippen molar-refractivity contribution in [3.05, 3.63) is 88.3 Å². The van der Waals surface area contributed by atoms with Crippen LogP contribution in [0.3, 0.4) is 0 Å². The number of ether oxygens (including phenoxy) is 1. The van der Waals surface area contributed by atoms with Gasteiger partial charge in [-0.25, -0.2) is 9.69 Å². The summed E-state index contributed by atoms with van der Waals surface area (Å²) in [5.41, 5.74) is 0.506. The number of carbonyl (C=O) groups excluding carboxylic acids is 4. The monoisotopic (exact) mass is 438 g/mol. The highest BCUT2D eigenvalue weighted by Crippen LogP contribution is 2.33. The van der Waals surface area contributed by atoms with Crippen molar-refractivity contribution in [1.82, 2.24) is 5.32 Å². The summed E-state index contributed by atoms with van der Waals surface area (Å²) in [5.74, 6) is -1.89. The standard InChI is InChI=1S/C22H15ClN2O6/c23-17-5-1-2-6-18(17)25-20(27)15-8-7-13(10-16(15)21(25)28)22(29)31-12-19(26)24-11-14-4-3-9-30-14/h1-10H,11-12H2,(H,24,26). The second-order valence-electron chi connectivity index (χ2n) is 6.59. The number of fused-ring (bicyclic) bond motifs is 1. The minimum Gasteiger partial charge on any atom is -0.467 e. The zero-order valence-electron chi connectivity index (χ0n) is 16.0. The Hall–Kier alpha value is -3.91. The van der Waals surface area contributed by atoms with Crippen molar-refractivity contribution in [3.63, 3.8) is 0 Å². The molecule has 3 aromatic rings. The smallest absolute Gasteiger partial charge is 0.338 e. The number of halogens is 1. The number of carbonyl (C=O) groups is 4. The molecule has 0 unspecified atom stereocenters. The largest absolute Gasteiger partial charge is 0.467 e. The summed E-state index contributed by atoms with van der Waals surface area (Å²) < 4.78 is 10.1. The van der Waals surface area contributed by atoms with Gasteiger partial charge in [0.05, 0.1) is 40.2 Å². The van der Waals surface area contributed by atoms with Crippen molar-refractivity contribution < 1.29 is 28.3 Å². The first-order valence-electron chi connectivity index (χ1n) is 9.19. The minimum absolute atomic E-state index is 0.0414. The molecule has 0 radical (unpaired) electrons. The van der Waals surface area contributed by atoms with E-state index in [0.29, 0.717) is 5.76 Å². The number of benzene rings is 2. The van der Waals surface area contributed by atoms with E-state index in [9.17, 15) is 19.2 Å². The first kappa shape index (κ1) is 20.4. The zero-order chi connectivity index (χ0) is 22.0. The van der Waals surface area contributed by atoms with E-state index in [0.717, 1.165) is 4.90 Å². The Balaban J connectivity index is 1.44. The van der Waals surface area contributed by atoms with Crippen molar-refractivity contribution in [1.29, 1.82) is 0 Å². The van der Waals surface area contributed by atoms with Gasteiger partial charge < -0.3 is 14.5 Å².